The van der Waals surface area contributed by atoms with E-state index in [-0.39, 0.29) is 5.69 Å². The molecule has 0 spiro atoms. The number of esters is 1. The number of aromatic nitrogens is 1. The molecule has 6 heteroatoms. The zero-order valence-electron chi connectivity index (χ0n) is 11.5. The first-order valence-electron chi connectivity index (χ1n) is 6.81. The highest BCUT2D eigenvalue weighted by Crippen LogP contribution is 2.13. The molecule has 1 aliphatic rings. The Balaban J connectivity index is 1.81. The van der Waals surface area contributed by atoms with Crippen molar-refractivity contribution in [1.82, 2.24) is 9.88 Å². The molecule has 0 radical (unpaired) electrons. The summed E-state index contributed by atoms with van der Waals surface area (Å²) in [5, 5.41) is 3.11. The van der Waals surface area contributed by atoms with Crippen LogP contribution in [-0.4, -0.2) is 48.1 Å². The maximum absolute atomic E-state index is 11.4. The second kappa shape index (κ2) is 6.56. The Labute approximate surface area is 113 Å². The molecule has 1 atom stereocenters. The SMILES string of the molecule is CCOC(=O)c1coc(NCC(C)N2CCCC2)n1. The molecule has 1 N–H and O–H groups in total. The quantitative estimate of drug-likeness (QED) is 0.792. The number of ether oxygens (including phenoxy) is 1. The van der Waals surface area contributed by atoms with Gasteiger partial charge in [0.15, 0.2) is 5.69 Å². The molecular formula is C13H21N3O3. The Morgan fingerprint density at radius 3 is 3.00 bits per heavy atom. The first-order valence-corrected chi connectivity index (χ1v) is 6.81. The number of anilines is 1. The lowest BCUT2D eigenvalue weighted by Gasteiger charge is -2.23. The van der Waals surface area contributed by atoms with Crippen LogP contribution in [0.1, 0.15) is 37.2 Å². The molecule has 106 valence electrons. The van der Waals surface area contributed by atoms with E-state index in [2.05, 4.69) is 22.1 Å². The molecule has 2 rings (SSSR count). The standard InChI is InChI=1S/C13H21N3O3/c1-3-18-12(17)11-9-19-13(15-11)14-8-10(2)16-6-4-5-7-16/h9-10H,3-8H2,1-2H3,(H,14,15). The van der Waals surface area contributed by atoms with E-state index in [0.717, 1.165) is 19.6 Å². The van der Waals surface area contributed by atoms with Crippen molar-refractivity contribution in [2.24, 2.45) is 0 Å². The molecule has 1 unspecified atom stereocenters. The highest BCUT2D eigenvalue weighted by molar-refractivity contribution is 5.87. The summed E-state index contributed by atoms with van der Waals surface area (Å²) in [6, 6.07) is 0.801. The molecule has 0 saturated carbocycles. The fourth-order valence-electron chi connectivity index (χ4n) is 2.20. The molecule has 0 amide bonds. The van der Waals surface area contributed by atoms with E-state index < -0.39 is 5.97 Å². The van der Waals surface area contributed by atoms with Crippen molar-refractivity contribution in [1.29, 1.82) is 0 Å². The van der Waals surface area contributed by atoms with Gasteiger partial charge in [0.2, 0.25) is 0 Å². The van der Waals surface area contributed by atoms with Crippen LogP contribution in [0.25, 0.3) is 0 Å². The summed E-state index contributed by atoms with van der Waals surface area (Å²) in [6.07, 6.45) is 3.87. The molecule has 1 aliphatic heterocycles. The predicted molar refractivity (Wildman–Crippen MR) is 71.2 cm³/mol. The number of rotatable bonds is 6. The van der Waals surface area contributed by atoms with Gasteiger partial charge in [-0.1, -0.05) is 0 Å². The lowest BCUT2D eigenvalue weighted by atomic mass is 10.3. The van der Waals surface area contributed by atoms with Crippen LogP contribution in [-0.2, 0) is 4.74 Å². The number of hydrogen-bond donors (Lipinski definition) is 1. The molecule has 1 fully saturated rings. The predicted octanol–water partition coefficient (Wildman–Crippen LogP) is 1.75. The Hall–Kier alpha value is -1.56. The third-order valence-electron chi connectivity index (χ3n) is 3.30. The van der Waals surface area contributed by atoms with Crippen LogP contribution in [0.3, 0.4) is 0 Å². The normalized spacial score (nSPS) is 17.4. The number of carbonyl (C=O) groups excluding carboxylic acids is 1. The second-order valence-electron chi connectivity index (χ2n) is 4.73. The number of carbonyl (C=O) groups is 1. The van der Waals surface area contributed by atoms with Gasteiger partial charge in [-0.15, -0.1) is 0 Å². The van der Waals surface area contributed by atoms with E-state index in [4.69, 9.17) is 9.15 Å². The molecular weight excluding hydrogens is 246 g/mol. The Morgan fingerprint density at radius 2 is 2.32 bits per heavy atom. The molecule has 0 aliphatic carbocycles. The number of likely N-dealkylation sites (tertiary alicyclic amines) is 1. The van der Waals surface area contributed by atoms with Crippen molar-refractivity contribution in [3.63, 3.8) is 0 Å². The minimum Gasteiger partial charge on any atom is -0.461 e. The lowest BCUT2D eigenvalue weighted by molar-refractivity contribution is 0.0519. The van der Waals surface area contributed by atoms with Gasteiger partial charge in [-0.25, -0.2) is 4.79 Å². The summed E-state index contributed by atoms with van der Waals surface area (Å²) in [6.45, 7) is 7.33. The molecule has 0 aromatic carbocycles. The van der Waals surface area contributed by atoms with Crippen LogP contribution in [0.2, 0.25) is 0 Å². The number of oxazole rings is 1. The maximum atomic E-state index is 11.4. The van der Waals surface area contributed by atoms with Gasteiger partial charge in [0.1, 0.15) is 6.26 Å². The fraction of sp³-hybridized carbons (Fsp3) is 0.692. The van der Waals surface area contributed by atoms with Crippen LogP contribution < -0.4 is 5.32 Å². The van der Waals surface area contributed by atoms with Crippen LogP contribution in [0.5, 0.6) is 0 Å². The van der Waals surface area contributed by atoms with E-state index in [9.17, 15) is 4.79 Å². The summed E-state index contributed by atoms with van der Waals surface area (Å²) in [5.74, 6) is -0.452. The van der Waals surface area contributed by atoms with Crippen LogP contribution in [0.4, 0.5) is 6.01 Å². The molecule has 0 bridgehead atoms. The smallest absolute Gasteiger partial charge is 0.360 e. The number of hydrogen-bond acceptors (Lipinski definition) is 6. The van der Waals surface area contributed by atoms with Crippen LogP contribution >= 0.6 is 0 Å². The van der Waals surface area contributed by atoms with Gasteiger partial charge in [0.25, 0.3) is 6.01 Å². The fourth-order valence-corrected chi connectivity index (χ4v) is 2.20. The van der Waals surface area contributed by atoms with Gasteiger partial charge >= 0.3 is 5.97 Å². The molecule has 1 aromatic heterocycles. The average Bonchev–Trinajstić information content (AvgIpc) is 3.07. The van der Waals surface area contributed by atoms with Gasteiger partial charge in [-0.05, 0) is 39.8 Å². The van der Waals surface area contributed by atoms with Crippen LogP contribution in [0.15, 0.2) is 10.7 Å². The highest BCUT2D eigenvalue weighted by atomic mass is 16.5. The second-order valence-corrected chi connectivity index (χ2v) is 4.73. The lowest BCUT2D eigenvalue weighted by Crippen LogP contribution is -2.35. The molecule has 1 aromatic rings. The van der Waals surface area contributed by atoms with Crippen molar-refractivity contribution in [3.8, 4) is 0 Å². The molecule has 6 nitrogen and oxygen atoms in total. The summed E-state index contributed by atoms with van der Waals surface area (Å²) < 4.78 is 10.1. The van der Waals surface area contributed by atoms with E-state index in [0.29, 0.717) is 18.7 Å². The van der Waals surface area contributed by atoms with Crippen molar-refractivity contribution in [2.75, 3.05) is 31.6 Å². The summed E-state index contributed by atoms with van der Waals surface area (Å²) >= 11 is 0. The topological polar surface area (TPSA) is 67.6 Å². The Morgan fingerprint density at radius 1 is 1.58 bits per heavy atom. The van der Waals surface area contributed by atoms with E-state index in [1.165, 1.54) is 19.1 Å². The maximum Gasteiger partial charge on any atom is 0.360 e. The summed E-state index contributed by atoms with van der Waals surface area (Å²) in [4.78, 5) is 17.9. The first kappa shape index (κ1) is 13.9. The van der Waals surface area contributed by atoms with Gasteiger partial charge in [-0.2, -0.15) is 4.98 Å². The number of nitrogens with one attached hydrogen (secondary N) is 1. The van der Waals surface area contributed by atoms with E-state index >= 15 is 0 Å². The monoisotopic (exact) mass is 267 g/mol. The third kappa shape index (κ3) is 3.70. The highest BCUT2D eigenvalue weighted by Gasteiger charge is 2.19. The van der Waals surface area contributed by atoms with Gasteiger partial charge in [-0.3, -0.25) is 4.90 Å². The van der Waals surface area contributed by atoms with Crippen molar-refractivity contribution >= 4 is 12.0 Å². The summed E-state index contributed by atoms with van der Waals surface area (Å²) in [5.41, 5.74) is 0.207. The molecule has 2 heterocycles. The van der Waals surface area contributed by atoms with Crippen molar-refractivity contribution < 1.29 is 13.9 Å². The first-order chi connectivity index (χ1) is 9.20. The Bertz CT molecular complexity index is 413. The zero-order chi connectivity index (χ0) is 13.7. The van der Waals surface area contributed by atoms with Gasteiger partial charge < -0.3 is 14.5 Å². The zero-order valence-corrected chi connectivity index (χ0v) is 11.5. The van der Waals surface area contributed by atoms with Crippen LogP contribution in [0, 0.1) is 0 Å². The van der Waals surface area contributed by atoms with Gasteiger partial charge in [0.05, 0.1) is 6.61 Å². The minimum atomic E-state index is -0.452. The average molecular weight is 267 g/mol. The third-order valence-corrected chi connectivity index (χ3v) is 3.30. The summed E-state index contributed by atoms with van der Waals surface area (Å²) in [7, 11) is 0. The molecule has 19 heavy (non-hydrogen) atoms. The number of nitrogens with zero attached hydrogens (tertiary/aromatic N) is 2. The van der Waals surface area contributed by atoms with E-state index in [1.807, 2.05) is 0 Å². The Kier molecular flexibility index (Phi) is 4.79. The van der Waals surface area contributed by atoms with Crippen molar-refractivity contribution in [3.05, 3.63) is 12.0 Å². The largest absolute Gasteiger partial charge is 0.461 e. The van der Waals surface area contributed by atoms with Gasteiger partial charge in [0, 0.05) is 12.6 Å². The minimum absolute atomic E-state index is 0.207. The van der Waals surface area contributed by atoms with Crippen molar-refractivity contribution in [2.45, 2.75) is 32.7 Å². The molecule has 1 saturated heterocycles. The van der Waals surface area contributed by atoms with E-state index in [1.54, 1.807) is 6.92 Å².